The highest BCUT2D eigenvalue weighted by Crippen LogP contribution is 2.22. The van der Waals surface area contributed by atoms with Crippen LogP contribution in [0.3, 0.4) is 0 Å². The molecule has 2 N–H and O–H groups in total. The lowest BCUT2D eigenvalue weighted by atomic mass is 10.2. The number of para-hydroxylation sites is 1. The molecule has 0 aliphatic heterocycles. The van der Waals surface area contributed by atoms with Crippen LogP contribution in [0, 0.1) is 0 Å². The van der Waals surface area contributed by atoms with Gasteiger partial charge in [-0.2, -0.15) is 4.98 Å². The van der Waals surface area contributed by atoms with Gasteiger partial charge in [0, 0.05) is 24.6 Å². The number of ether oxygens (including phenoxy) is 1. The van der Waals surface area contributed by atoms with Crippen LogP contribution in [0.2, 0.25) is 0 Å². The van der Waals surface area contributed by atoms with E-state index in [-0.39, 0.29) is 6.04 Å². The molecule has 1 unspecified atom stereocenters. The molecule has 2 aromatic rings. The molecule has 5 heteroatoms. The molecular weight excluding hydrogens is 264 g/mol. The Labute approximate surface area is 126 Å². The number of rotatable bonds is 8. The van der Waals surface area contributed by atoms with Crippen LogP contribution in [0.5, 0.6) is 0 Å². The minimum atomic E-state index is 0.197. The van der Waals surface area contributed by atoms with Crippen molar-refractivity contribution in [1.82, 2.24) is 9.97 Å². The van der Waals surface area contributed by atoms with Gasteiger partial charge in [0.05, 0.1) is 12.1 Å². The average Bonchev–Trinajstić information content (AvgIpc) is 2.51. The van der Waals surface area contributed by atoms with Crippen LogP contribution in [0.15, 0.2) is 24.3 Å². The van der Waals surface area contributed by atoms with Crippen molar-refractivity contribution in [2.24, 2.45) is 0 Å². The summed E-state index contributed by atoms with van der Waals surface area (Å²) in [7, 11) is 0. The molecule has 0 fully saturated rings. The molecular formula is C16H24N4O. The SMILES string of the molecule is CCCNc1nc(NC(C)COCC)c2ccccc2n1. The van der Waals surface area contributed by atoms with E-state index in [1.165, 1.54) is 0 Å². The molecule has 0 spiro atoms. The maximum absolute atomic E-state index is 5.45. The lowest BCUT2D eigenvalue weighted by molar-refractivity contribution is 0.141. The number of nitrogens with zero attached hydrogens (tertiary/aromatic N) is 2. The summed E-state index contributed by atoms with van der Waals surface area (Å²) in [6.07, 6.45) is 1.04. The van der Waals surface area contributed by atoms with Gasteiger partial charge in [-0.3, -0.25) is 0 Å². The van der Waals surface area contributed by atoms with E-state index in [9.17, 15) is 0 Å². The number of nitrogens with one attached hydrogen (secondary N) is 2. The zero-order chi connectivity index (χ0) is 15.1. The van der Waals surface area contributed by atoms with Crippen LogP contribution in [-0.2, 0) is 4.74 Å². The molecule has 2 rings (SSSR count). The Bertz CT molecular complexity index is 573. The molecule has 0 saturated carbocycles. The molecule has 0 aliphatic rings. The summed E-state index contributed by atoms with van der Waals surface area (Å²) in [4.78, 5) is 9.15. The van der Waals surface area contributed by atoms with Crippen LogP contribution in [0.25, 0.3) is 10.9 Å². The topological polar surface area (TPSA) is 59.1 Å². The molecule has 1 aromatic carbocycles. The Morgan fingerprint density at radius 3 is 2.76 bits per heavy atom. The minimum Gasteiger partial charge on any atom is -0.380 e. The number of hydrogen-bond donors (Lipinski definition) is 2. The lowest BCUT2D eigenvalue weighted by Gasteiger charge is -2.16. The predicted molar refractivity (Wildman–Crippen MR) is 87.9 cm³/mol. The van der Waals surface area contributed by atoms with Crippen LogP contribution in [0.4, 0.5) is 11.8 Å². The quantitative estimate of drug-likeness (QED) is 0.780. The third-order valence-corrected chi connectivity index (χ3v) is 3.09. The minimum absolute atomic E-state index is 0.197. The van der Waals surface area contributed by atoms with Gasteiger partial charge in [-0.05, 0) is 32.4 Å². The lowest BCUT2D eigenvalue weighted by Crippen LogP contribution is -2.23. The summed E-state index contributed by atoms with van der Waals surface area (Å²) in [6.45, 7) is 8.46. The molecule has 0 aliphatic carbocycles. The normalized spacial score (nSPS) is 12.3. The Morgan fingerprint density at radius 1 is 1.19 bits per heavy atom. The van der Waals surface area contributed by atoms with E-state index in [0.717, 1.165) is 36.3 Å². The van der Waals surface area contributed by atoms with Crippen molar-refractivity contribution in [3.63, 3.8) is 0 Å². The van der Waals surface area contributed by atoms with Gasteiger partial charge in [0.15, 0.2) is 0 Å². The highest BCUT2D eigenvalue weighted by Gasteiger charge is 2.10. The highest BCUT2D eigenvalue weighted by atomic mass is 16.5. The third kappa shape index (κ3) is 4.29. The first-order chi connectivity index (χ1) is 10.2. The molecule has 1 aromatic heterocycles. The van der Waals surface area contributed by atoms with Crippen LogP contribution in [0.1, 0.15) is 27.2 Å². The van der Waals surface area contributed by atoms with Gasteiger partial charge in [0.25, 0.3) is 0 Å². The fraction of sp³-hybridized carbons (Fsp3) is 0.500. The van der Waals surface area contributed by atoms with E-state index >= 15 is 0 Å². The first-order valence-electron chi connectivity index (χ1n) is 7.59. The molecule has 0 radical (unpaired) electrons. The Kier molecular flexibility index (Phi) is 5.75. The largest absolute Gasteiger partial charge is 0.380 e. The number of hydrogen-bond acceptors (Lipinski definition) is 5. The molecule has 0 bridgehead atoms. The third-order valence-electron chi connectivity index (χ3n) is 3.09. The Hall–Kier alpha value is -1.88. The van der Waals surface area contributed by atoms with Crippen molar-refractivity contribution in [3.8, 4) is 0 Å². The summed E-state index contributed by atoms with van der Waals surface area (Å²) in [6, 6.07) is 8.24. The van der Waals surface area contributed by atoms with Gasteiger partial charge in [0.2, 0.25) is 5.95 Å². The second kappa shape index (κ2) is 7.78. The second-order valence-electron chi connectivity index (χ2n) is 5.04. The van der Waals surface area contributed by atoms with Crippen molar-refractivity contribution >= 4 is 22.7 Å². The van der Waals surface area contributed by atoms with E-state index in [0.29, 0.717) is 12.6 Å². The molecule has 5 nitrogen and oxygen atoms in total. The van der Waals surface area contributed by atoms with Gasteiger partial charge in [-0.1, -0.05) is 19.1 Å². The first kappa shape index (κ1) is 15.5. The fourth-order valence-electron chi connectivity index (χ4n) is 2.07. The van der Waals surface area contributed by atoms with Crippen molar-refractivity contribution in [1.29, 1.82) is 0 Å². The van der Waals surface area contributed by atoms with Crippen LogP contribution < -0.4 is 10.6 Å². The summed E-state index contributed by atoms with van der Waals surface area (Å²) in [5.74, 6) is 1.52. The second-order valence-corrected chi connectivity index (χ2v) is 5.04. The monoisotopic (exact) mass is 288 g/mol. The van der Waals surface area contributed by atoms with E-state index in [1.54, 1.807) is 0 Å². The molecule has 0 saturated heterocycles. The Balaban J connectivity index is 2.26. The standard InChI is InChI=1S/C16H24N4O/c1-4-10-17-16-19-14-9-7-6-8-13(14)15(20-16)18-12(3)11-21-5-2/h6-9,12H,4-5,10-11H2,1-3H3,(H2,17,18,19,20). The Morgan fingerprint density at radius 2 is 2.00 bits per heavy atom. The molecule has 1 atom stereocenters. The number of fused-ring (bicyclic) bond motifs is 1. The predicted octanol–water partition coefficient (Wildman–Crippen LogP) is 3.29. The molecule has 1 heterocycles. The van der Waals surface area contributed by atoms with E-state index in [1.807, 2.05) is 31.2 Å². The van der Waals surface area contributed by atoms with Crippen molar-refractivity contribution in [2.75, 3.05) is 30.4 Å². The van der Waals surface area contributed by atoms with Crippen LogP contribution >= 0.6 is 0 Å². The van der Waals surface area contributed by atoms with Crippen molar-refractivity contribution in [3.05, 3.63) is 24.3 Å². The number of benzene rings is 1. The van der Waals surface area contributed by atoms with Gasteiger partial charge >= 0.3 is 0 Å². The van der Waals surface area contributed by atoms with Gasteiger partial charge < -0.3 is 15.4 Å². The summed E-state index contributed by atoms with van der Waals surface area (Å²) in [5, 5.41) is 7.70. The molecule has 21 heavy (non-hydrogen) atoms. The van der Waals surface area contributed by atoms with Gasteiger partial charge in [0.1, 0.15) is 5.82 Å². The van der Waals surface area contributed by atoms with Crippen molar-refractivity contribution in [2.45, 2.75) is 33.2 Å². The highest BCUT2D eigenvalue weighted by molar-refractivity contribution is 5.90. The van der Waals surface area contributed by atoms with E-state index in [2.05, 4.69) is 34.4 Å². The summed E-state index contributed by atoms with van der Waals surface area (Å²) < 4.78 is 5.45. The zero-order valence-electron chi connectivity index (χ0n) is 13.0. The smallest absolute Gasteiger partial charge is 0.225 e. The molecule has 114 valence electrons. The average molecular weight is 288 g/mol. The van der Waals surface area contributed by atoms with Crippen molar-refractivity contribution < 1.29 is 4.74 Å². The number of anilines is 2. The maximum atomic E-state index is 5.45. The summed E-state index contributed by atoms with van der Waals surface area (Å²) in [5.41, 5.74) is 0.942. The van der Waals surface area contributed by atoms with Gasteiger partial charge in [-0.25, -0.2) is 4.98 Å². The van der Waals surface area contributed by atoms with Crippen LogP contribution in [-0.4, -0.2) is 35.8 Å². The van der Waals surface area contributed by atoms with E-state index in [4.69, 9.17) is 4.74 Å². The number of aromatic nitrogens is 2. The molecule has 0 amide bonds. The zero-order valence-corrected chi connectivity index (χ0v) is 13.0. The fourth-order valence-corrected chi connectivity index (χ4v) is 2.07. The van der Waals surface area contributed by atoms with E-state index < -0.39 is 0 Å². The summed E-state index contributed by atoms with van der Waals surface area (Å²) >= 11 is 0. The maximum Gasteiger partial charge on any atom is 0.225 e. The first-order valence-corrected chi connectivity index (χ1v) is 7.59. The van der Waals surface area contributed by atoms with Gasteiger partial charge in [-0.15, -0.1) is 0 Å².